The number of hydrogen-bond donors (Lipinski definition) is 3. The number of amides is 4. The third kappa shape index (κ3) is 5.82. The molecule has 2 fully saturated rings. The molecule has 1 aromatic rings. The van der Waals surface area contributed by atoms with Crippen molar-refractivity contribution in [3.63, 3.8) is 0 Å². The molecule has 2 aliphatic rings. The number of nitrogens with one attached hydrogen (secondary N) is 3. The van der Waals surface area contributed by atoms with E-state index in [9.17, 15) is 14.4 Å². The van der Waals surface area contributed by atoms with Crippen LogP contribution in [0.2, 0.25) is 0 Å². The van der Waals surface area contributed by atoms with E-state index >= 15 is 0 Å². The molecule has 3 N–H and O–H groups in total. The van der Waals surface area contributed by atoms with Crippen LogP contribution in [0.3, 0.4) is 0 Å². The summed E-state index contributed by atoms with van der Waals surface area (Å²) in [6.45, 7) is 1.03. The van der Waals surface area contributed by atoms with Crippen LogP contribution in [0.5, 0.6) is 0 Å². The summed E-state index contributed by atoms with van der Waals surface area (Å²) in [6, 6.07) is 2.92. The molecule has 1 saturated carbocycles. The fourth-order valence-corrected chi connectivity index (χ4v) is 3.84. The number of likely N-dealkylation sites (tertiary alicyclic amines) is 1. The van der Waals surface area contributed by atoms with Crippen LogP contribution in [0.25, 0.3) is 0 Å². The predicted octanol–water partition coefficient (Wildman–Crippen LogP) is 1.52. The van der Waals surface area contributed by atoms with Gasteiger partial charge < -0.3 is 15.1 Å². The van der Waals surface area contributed by atoms with Gasteiger partial charge in [0.05, 0.1) is 25.4 Å². The van der Waals surface area contributed by atoms with Gasteiger partial charge in [0.1, 0.15) is 5.76 Å². The number of imide groups is 1. The Hall–Kier alpha value is -2.35. The van der Waals surface area contributed by atoms with Crippen LogP contribution in [0.4, 0.5) is 4.79 Å². The highest BCUT2D eigenvalue weighted by molar-refractivity contribution is 5.95. The lowest BCUT2D eigenvalue weighted by Gasteiger charge is -2.24. The Bertz CT molecular complexity index is 640. The molecule has 4 amide bonds. The highest BCUT2D eigenvalue weighted by Gasteiger charge is 2.32. The van der Waals surface area contributed by atoms with E-state index in [-0.39, 0.29) is 30.4 Å². The lowest BCUT2D eigenvalue weighted by atomic mass is 9.96. The van der Waals surface area contributed by atoms with E-state index in [1.54, 1.807) is 18.4 Å². The fraction of sp³-hybridized carbons (Fsp3) is 0.632. The van der Waals surface area contributed by atoms with Crippen LogP contribution in [0.15, 0.2) is 22.8 Å². The van der Waals surface area contributed by atoms with Gasteiger partial charge in [-0.15, -0.1) is 0 Å². The number of urea groups is 1. The third-order valence-electron chi connectivity index (χ3n) is 5.22. The van der Waals surface area contributed by atoms with Crippen molar-refractivity contribution in [2.75, 3.05) is 13.1 Å². The summed E-state index contributed by atoms with van der Waals surface area (Å²) >= 11 is 0. The highest BCUT2D eigenvalue weighted by atomic mass is 16.3. The van der Waals surface area contributed by atoms with Crippen molar-refractivity contribution >= 4 is 17.8 Å². The predicted molar refractivity (Wildman–Crippen MR) is 98.7 cm³/mol. The Kier molecular flexibility index (Phi) is 6.86. The van der Waals surface area contributed by atoms with Gasteiger partial charge in [0.2, 0.25) is 11.8 Å². The monoisotopic (exact) mass is 376 g/mol. The molecule has 0 aromatic carbocycles. The molecule has 1 aliphatic carbocycles. The van der Waals surface area contributed by atoms with E-state index in [2.05, 4.69) is 16.0 Å². The number of hydrogen-bond acceptors (Lipinski definition) is 5. The minimum Gasteiger partial charge on any atom is -0.467 e. The molecule has 1 unspecified atom stereocenters. The quantitative estimate of drug-likeness (QED) is 0.698. The summed E-state index contributed by atoms with van der Waals surface area (Å²) in [6.07, 6.45) is 8.47. The smallest absolute Gasteiger partial charge is 0.321 e. The molecule has 27 heavy (non-hydrogen) atoms. The van der Waals surface area contributed by atoms with Crippen molar-refractivity contribution in [3.8, 4) is 0 Å². The van der Waals surface area contributed by atoms with Gasteiger partial charge in [0, 0.05) is 6.04 Å². The molecule has 148 valence electrons. The fourth-order valence-electron chi connectivity index (χ4n) is 3.84. The van der Waals surface area contributed by atoms with Gasteiger partial charge in [-0.25, -0.2) is 4.79 Å². The Morgan fingerprint density at radius 1 is 1.11 bits per heavy atom. The van der Waals surface area contributed by atoms with Crippen LogP contribution in [0.1, 0.15) is 50.7 Å². The molecule has 0 bridgehead atoms. The largest absolute Gasteiger partial charge is 0.467 e. The standard InChI is InChI=1S/C19H28N4O4/c24-17(22-19(26)21-14-6-2-1-3-7-14)13-23-10-4-9-16(23)18(25)20-12-15-8-5-11-27-15/h5,8,11,14,16H,1-4,6-7,9-10,12-13H2,(H,20,25)(H2,21,22,24,26). The van der Waals surface area contributed by atoms with Gasteiger partial charge >= 0.3 is 6.03 Å². The molecular formula is C19H28N4O4. The second kappa shape index (κ2) is 9.55. The molecule has 0 spiro atoms. The average molecular weight is 376 g/mol. The zero-order valence-electron chi connectivity index (χ0n) is 15.5. The maximum atomic E-state index is 12.4. The zero-order chi connectivity index (χ0) is 19.1. The molecule has 1 aromatic heterocycles. The Balaban J connectivity index is 1.41. The molecule has 1 aliphatic heterocycles. The number of carbonyl (C=O) groups excluding carboxylic acids is 3. The molecule has 2 heterocycles. The first-order chi connectivity index (χ1) is 13.1. The first kappa shape index (κ1) is 19.4. The maximum absolute atomic E-state index is 12.4. The van der Waals surface area contributed by atoms with Crippen molar-refractivity contribution in [3.05, 3.63) is 24.2 Å². The van der Waals surface area contributed by atoms with Crippen molar-refractivity contribution in [2.45, 2.75) is 63.6 Å². The van der Waals surface area contributed by atoms with Crippen molar-refractivity contribution in [1.29, 1.82) is 0 Å². The summed E-state index contributed by atoms with van der Waals surface area (Å²) < 4.78 is 5.21. The maximum Gasteiger partial charge on any atom is 0.321 e. The summed E-state index contributed by atoms with van der Waals surface area (Å²) in [4.78, 5) is 38.4. The van der Waals surface area contributed by atoms with Crippen molar-refractivity contribution in [1.82, 2.24) is 20.9 Å². The van der Waals surface area contributed by atoms with Crippen LogP contribution in [-0.2, 0) is 16.1 Å². The van der Waals surface area contributed by atoms with E-state index in [1.807, 2.05) is 4.90 Å². The molecule has 8 heteroatoms. The van der Waals surface area contributed by atoms with Crippen LogP contribution in [0, 0.1) is 0 Å². The molecule has 0 radical (unpaired) electrons. The molecule has 8 nitrogen and oxygen atoms in total. The summed E-state index contributed by atoms with van der Waals surface area (Å²) in [5.74, 6) is 0.183. The normalized spacial score (nSPS) is 21.0. The molecule has 1 atom stereocenters. The Morgan fingerprint density at radius 3 is 2.67 bits per heavy atom. The summed E-state index contributed by atoms with van der Waals surface area (Å²) in [5.41, 5.74) is 0. The summed E-state index contributed by atoms with van der Waals surface area (Å²) in [7, 11) is 0. The first-order valence-electron chi connectivity index (χ1n) is 9.76. The van der Waals surface area contributed by atoms with E-state index < -0.39 is 6.03 Å². The third-order valence-corrected chi connectivity index (χ3v) is 5.22. The number of carbonyl (C=O) groups is 3. The molecule has 3 rings (SSSR count). The van der Waals surface area contributed by atoms with Crippen molar-refractivity contribution in [2.24, 2.45) is 0 Å². The number of rotatable bonds is 6. The van der Waals surface area contributed by atoms with Gasteiger partial charge in [0.15, 0.2) is 0 Å². The van der Waals surface area contributed by atoms with Gasteiger partial charge in [-0.3, -0.25) is 19.8 Å². The lowest BCUT2D eigenvalue weighted by Crippen LogP contribution is -2.50. The Labute approximate surface area is 159 Å². The SMILES string of the molecule is O=C(CN1CCCC1C(=O)NCc1ccco1)NC(=O)NC1CCCCC1. The van der Waals surface area contributed by atoms with Gasteiger partial charge in [-0.1, -0.05) is 19.3 Å². The second-order valence-electron chi connectivity index (χ2n) is 7.28. The topological polar surface area (TPSA) is 104 Å². The van der Waals surface area contributed by atoms with Crippen molar-refractivity contribution < 1.29 is 18.8 Å². The summed E-state index contributed by atoms with van der Waals surface area (Å²) in [5, 5.41) is 8.10. The minimum atomic E-state index is -0.440. The van der Waals surface area contributed by atoms with Crippen LogP contribution >= 0.6 is 0 Å². The molecule has 1 saturated heterocycles. The van der Waals surface area contributed by atoms with E-state index in [0.717, 1.165) is 32.1 Å². The minimum absolute atomic E-state index is 0.0386. The highest BCUT2D eigenvalue weighted by Crippen LogP contribution is 2.18. The Morgan fingerprint density at radius 2 is 1.93 bits per heavy atom. The second-order valence-corrected chi connectivity index (χ2v) is 7.28. The van der Waals surface area contributed by atoms with E-state index in [1.165, 1.54) is 6.42 Å². The van der Waals surface area contributed by atoms with Gasteiger partial charge in [-0.05, 0) is 44.4 Å². The van der Waals surface area contributed by atoms with Gasteiger partial charge in [-0.2, -0.15) is 0 Å². The van der Waals surface area contributed by atoms with E-state index in [4.69, 9.17) is 4.42 Å². The zero-order valence-corrected chi connectivity index (χ0v) is 15.5. The first-order valence-corrected chi connectivity index (χ1v) is 9.76. The molecular weight excluding hydrogens is 348 g/mol. The van der Waals surface area contributed by atoms with E-state index in [0.29, 0.717) is 25.3 Å². The van der Waals surface area contributed by atoms with Crippen LogP contribution in [-0.4, -0.2) is 47.9 Å². The van der Waals surface area contributed by atoms with Crippen LogP contribution < -0.4 is 16.0 Å². The average Bonchev–Trinajstić information content (AvgIpc) is 3.32. The lowest BCUT2D eigenvalue weighted by molar-refractivity contribution is -0.127. The number of furan rings is 1. The van der Waals surface area contributed by atoms with Gasteiger partial charge in [0.25, 0.3) is 0 Å². The number of nitrogens with zero attached hydrogens (tertiary/aromatic N) is 1.